The fourth-order valence-electron chi connectivity index (χ4n) is 2.06. The van der Waals surface area contributed by atoms with Crippen molar-refractivity contribution in [1.29, 1.82) is 0 Å². The number of ether oxygens (including phenoxy) is 2. The summed E-state index contributed by atoms with van der Waals surface area (Å²) < 4.78 is 9.79. The first-order valence-electron chi connectivity index (χ1n) is 7.45. The van der Waals surface area contributed by atoms with E-state index in [4.69, 9.17) is 61.0 Å². The number of carboxylic acid groups (broad SMARTS) is 1. The fourth-order valence-corrected chi connectivity index (χ4v) is 2.79. The molecule has 0 aliphatic rings. The molecule has 2 aromatic carbocycles. The van der Waals surface area contributed by atoms with Crippen LogP contribution < -0.4 is 14.8 Å². The molecule has 5 nitrogen and oxygen atoms in total. The lowest BCUT2D eigenvalue weighted by atomic mass is 10.2. The molecule has 0 aliphatic heterocycles. The van der Waals surface area contributed by atoms with E-state index < -0.39 is 16.0 Å². The predicted molar refractivity (Wildman–Crippen MR) is 103 cm³/mol. The van der Waals surface area contributed by atoms with Gasteiger partial charge in [-0.05, 0) is 24.3 Å². The first kappa shape index (κ1) is 20.8. The van der Waals surface area contributed by atoms with Crippen molar-refractivity contribution in [1.82, 2.24) is 5.32 Å². The van der Waals surface area contributed by atoms with Crippen molar-refractivity contribution in [2.45, 2.75) is 16.3 Å². The van der Waals surface area contributed by atoms with Crippen molar-refractivity contribution in [3.05, 3.63) is 53.6 Å². The summed E-state index contributed by atoms with van der Waals surface area (Å²) in [6, 6.07) is 14.1. The third kappa shape index (κ3) is 7.38. The Morgan fingerprint density at radius 2 is 1.81 bits per heavy atom. The molecule has 0 saturated heterocycles. The summed E-state index contributed by atoms with van der Waals surface area (Å²) in [5.41, 5.74) is 0. The maximum Gasteiger partial charge on any atom is 0.404 e. The van der Waals surface area contributed by atoms with E-state index >= 15 is 0 Å². The second-order valence-electron chi connectivity index (χ2n) is 5.25. The zero-order valence-electron chi connectivity index (χ0n) is 13.3. The summed E-state index contributed by atoms with van der Waals surface area (Å²) in [6.45, 7) is -0.0676. The van der Waals surface area contributed by atoms with E-state index in [0.717, 1.165) is 0 Å². The maximum atomic E-state index is 10.7. The number of nitrogens with one attached hydrogen (secondary N) is 1. The zero-order chi connectivity index (χ0) is 19.2. The van der Waals surface area contributed by atoms with E-state index in [1.54, 1.807) is 18.2 Å². The molecule has 0 bridgehead atoms. The Bertz CT molecular complexity index is 737. The molecule has 0 heterocycles. The van der Waals surface area contributed by atoms with Gasteiger partial charge in [0.2, 0.25) is 0 Å². The van der Waals surface area contributed by atoms with Crippen molar-refractivity contribution >= 4 is 52.5 Å². The summed E-state index contributed by atoms with van der Waals surface area (Å²) in [6.07, 6.45) is -1.96. The van der Waals surface area contributed by atoms with Crippen LogP contribution in [0.5, 0.6) is 17.2 Å². The molecule has 2 rings (SSSR count). The van der Waals surface area contributed by atoms with Crippen LogP contribution in [-0.2, 0) is 0 Å². The van der Waals surface area contributed by atoms with Gasteiger partial charge in [0.05, 0.1) is 11.6 Å². The molecular formula is C17H15Cl4NO4. The Balaban J connectivity index is 2.09. The average molecular weight is 439 g/mol. The van der Waals surface area contributed by atoms with Gasteiger partial charge in [-0.1, -0.05) is 64.6 Å². The summed E-state index contributed by atoms with van der Waals surface area (Å²) in [7, 11) is 0. The Labute approximate surface area is 170 Å². The van der Waals surface area contributed by atoms with Crippen LogP contribution in [0.25, 0.3) is 0 Å². The molecule has 9 heteroatoms. The van der Waals surface area contributed by atoms with Crippen LogP contribution in [0.3, 0.4) is 0 Å². The Hall–Kier alpha value is -1.53. The normalized spacial score (nSPS) is 12.3. The largest absolute Gasteiger partial charge is 0.487 e. The smallest absolute Gasteiger partial charge is 0.404 e. The predicted octanol–water partition coefficient (Wildman–Crippen LogP) is 5.91. The lowest BCUT2D eigenvalue weighted by molar-refractivity contribution is 0.167. The molecule has 1 unspecified atom stereocenters. The van der Waals surface area contributed by atoms with E-state index in [0.29, 0.717) is 17.2 Å². The third-order valence-electron chi connectivity index (χ3n) is 3.12. The Kier molecular flexibility index (Phi) is 7.53. The van der Waals surface area contributed by atoms with Gasteiger partial charge in [0, 0.05) is 12.5 Å². The SMILES string of the molecule is O=C(O)NCC(CC(Cl)(Cl)Cl)Oc1ccc(Oc2ccccc2)cc1Cl. The van der Waals surface area contributed by atoms with Gasteiger partial charge in [-0.2, -0.15) is 0 Å². The van der Waals surface area contributed by atoms with E-state index in [-0.39, 0.29) is 18.0 Å². The van der Waals surface area contributed by atoms with Crippen molar-refractivity contribution in [3.63, 3.8) is 0 Å². The van der Waals surface area contributed by atoms with Crippen LogP contribution in [0.1, 0.15) is 6.42 Å². The molecule has 2 aromatic rings. The highest BCUT2D eigenvalue weighted by molar-refractivity contribution is 6.67. The number of para-hydroxylation sites is 1. The van der Waals surface area contributed by atoms with Gasteiger partial charge in [0.1, 0.15) is 23.4 Å². The standard InChI is InChI=1S/C17H15Cl4NO4/c18-14-8-12(25-11-4-2-1-3-5-11)6-7-15(14)26-13(9-17(19,20)21)10-22-16(23)24/h1-8,13,22H,9-10H2,(H,23,24). The topological polar surface area (TPSA) is 67.8 Å². The van der Waals surface area contributed by atoms with Gasteiger partial charge < -0.3 is 19.9 Å². The molecule has 0 aromatic heterocycles. The van der Waals surface area contributed by atoms with Crippen molar-refractivity contribution in [3.8, 4) is 17.2 Å². The summed E-state index contributed by atoms with van der Waals surface area (Å²) in [5, 5.41) is 11.2. The van der Waals surface area contributed by atoms with E-state index in [9.17, 15) is 4.79 Å². The summed E-state index contributed by atoms with van der Waals surface area (Å²) in [4.78, 5) is 10.7. The molecule has 0 saturated carbocycles. The minimum absolute atomic E-state index is 0.0312. The monoisotopic (exact) mass is 437 g/mol. The Morgan fingerprint density at radius 1 is 1.12 bits per heavy atom. The number of hydrogen-bond donors (Lipinski definition) is 2. The number of halogens is 4. The number of alkyl halides is 3. The molecule has 1 atom stereocenters. The van der Waals surface area contributed by atoms with E-state index in [2.05, 4.69) is 5.32 Å². The zero-order valence-corrected chi connectivity index (χ0v) is 16.3. The Morgan fingerprint density at radius 3 is 2.38 bits per heavy atom. The number of hydrogen-bond acceptors (Lipinski definition) is 3. The van der Waals surface area contributed by atoms with Gasteiger partial charge >= 0.3 is 6.09 Å². The lowest BCUT2D eigenvalue weighted by Gasteiger charge is -2.23. The van der Waals surface area contributed by atoms with Crippen LogP contribution in [0, 0.1) is 0 Å². The highest BCUT2D eigenvalue weighted by Gasteiger charge is 2.27. The summed E-state index contributed by atoms with van der Waals surface area (Å²) >= 11 is 23.6. The van der Waals surface area contributed by atoms with Gasteiger partial charge in [0.15, 0.2) is 3.79 Å². The lowest BCUT2D eigenvalue weighted by Crippen LogP contribution is -2.36. The minimum atomic E-state index is -1.60. The van der Waals surface area contributed by atoms with Gasteiger partial charge in [-0.15, -0.1) is 0 Å². The second-order valence-corrected chi connectivity index (χ2v) is 8.18. The number of carbonyl (C=O) groups is 1. The van der Waals surface area contributed by atoms with Crippen LogP contribution in [0.2, 0.25) is 5.02 Å². The van der Waals surface area contributed by atoms with Crippen LogP contribution in [-0.4, -0.2) is 27.6 Å². The van der Waals surface area contributed by atoms with Crippen molar-refractivity contribution in [2.24, 2.45) is 0 Å². The molecule has 1 amide bonds. The van der Waals surface area contributed by atoms with Gasteiger partial charge in [-0.25, -0.2) is 4.79 Å². The molecule has 2 N–H and O–H groups in total. The van der Waals surface area contributed by atoms with Crippen molar-refractivity contribution < 1.29 is 19.4 Å². The minimum Gasteiger partial charge on any atom is -0.487 e. The number of benzene rings is 2. The van der Waals surface area contributed by atoms with Crippen LogP contribution in [0.15, 0.2) is 48.5 Å². The second kappa shape index (κ2) is 9.42. The fraction of sp³-hybridized carbons (Fsp3) is 0.235. The molecule has 0 aliphatic carbocycles. The van der Waals surface area contributed by atoms with E-state index in [1.165, 1.54) is 0 Å². The van der Waals surface area contributed by atoms with Crippen molar-refractivity contribution in [2.75, 3.05) is 6.54 Å². The molecule has 0 radical (unpaired) electrons. The van der Waals surface area contributed by atoms with Gasteiger partial charge in [0.25, 0.3) is 0 Å². The van der Waals surface area contributed by atoms with Gasteiger partial charge in [-0.3, -0.25) is 0 Å². The number of amides is 1. The maximum absolute atomic E-state index is 10.7. The average Bonchev–Trinajstić information content (AvgIpc) is 2.54. The highest BCUT2D eigenvalue weighted by atomic mass is 35.6. The molecule has 0 fully saturated rings. The highest BCUT2D eigenvalue weighted by Crippen LogP contribution is 2.35. The quantitative estimate of drug-likeness (QED) is 0.527. The molecule has 26 heavy (non-hydrogen) atoms. The third-order valence-corrected chi connectivity index (χ3v) is 3.87. The first-order chi connectivity index (χ1) is 12.2. The van der Waals surface area contributed by atoms with Crippen LogP contribution in [0.4, 0.5) is 4.79 Å². The van der Waals surface area contributed by atoms with Crippen LogP contribution >= 0.6 is 46.4 Å². The first-order valence-corrected chi connectivity index (χ1v) is 8.97. The van der Waals surface area contributed by atoms with E-state index in [1.807, 2.05) is 30.3 Å². The molecular weight excluding hydrogens is 424 g/mol. The summed E-state index contributed by atoms with van der Waals surface area (Å²) in [5.74, 6) is 1.51. The molecule has 0 spiro atoms. The number of rotatable bonds is 7. The molecule has 140 valence electrons.